The second-order valence-corrected chi connectivity index (χ2v) is 9.61. The predicted molar refractivity (Wildman–Crippen MR) is 107 cm³/mol. The molecule has 0 unspecified atom stereocenters. The minimum absolute atomic E-state index is 0.0968. The standard InChI is InChI=1S/C19H20N2O4S2/c1-5-6-7-8-14-9-10-15-16(13-14)26-17(20-15)11-12-19(2,27(4,23)24)18(22)21-25-3/h9-10,13H,11-12H2,1-4H3,(H,21,22)/t19-/m1/s1. The van der Waals surface area contributed by atoms with E-state index < -0.39 is 20.5 Å². The summed E-state index contributed by atoms with van der Waals surface area (Å²) in [4.78, 5) is 21.3. The molecule has 142 valence electrons. The van der Waals surface area contributed by atoms with Gasteiger partial charge in [-0.2, -0.15) is 0 Å². The first-order valence-corrected chi connectivity index (χ1v) is 10.8. The Labute approximate surface area is 163 Å². The normalized spacial score (nSPS) is 13.0. The number of hydrogen-bond donors (Lipinski definition) is 1. The molecule has 0 fully saturated rings. The molecule has 0 saturated heterocycles. The highest BCUT2D eigenvalue weighted by Crippen LogP contribution is 2.28. The molecule has 1 heterocycles. The number of thiazole rings is 1. The second kappa shape index (κ2) is 8.53. The molecule has 8 heteroatoms. The fourth-order valence-corrected chi connectivity index (χ4v) is 4.19. The van der Waals surface area contributed by atoms with Gasteiger partial charge in [0.05, 0.1) is 22.3 Å². The van der Waals surface area contributed by atoms with Crippen molar-refractivity contribution in [2.45, 2.75) is 31.4 Å². The molecule has 1 amide bonds. The average molecular weight is 405 g/mol. The molecule has 1 aromatic carbocycles. The van der Waals surface area contributed by atoms with Crippen LogP contribution >= 0.6 is 11.3 Å². The first-order chi connectivity index (χ1) is 12.7. The zero-order chi connectivity index (χ0) is 20.1. The number of rotatable bonds is 6. The number of nitrogens with zero attached hydrogens (tertiary/aromatic N) is 1. The van der Waals surface area contributed by atoms with Gasteiger partial charge in [0.1, 0.15) is 4.75 Å². The van der Waals surface area contributed by atoms with Crippen LogP contribution in [0.4, 0.5) is 0 Å². The van der Waals surface area contributed by atoms with Crippen molar-refractivity contribution in [3.8, 4) is 23.7 Å². The molecule has 1 atom stereocenters. The van der Waals surface area contributed by atoms with E-state index in [2.05, 4.69) is 39.0 Å². The second-order valence-electron chi connectivity index (χ2n) is 6.05. The number of carbonyl (C=O) groups is 1. The maximum atomic E-state index is 12.2. The first-order valence-electron chi connectivity index (χ1n) is 8.06. The van der Waals surface area contributed by atoms with E-state index in [4.69, 9.17) is 0 Å². The minimum Gasteiger partial charge on any atom is -0.277 e. The SMILES string of the molecule is CC#CC#Cc1ccc2nc(CC[C@](C)(C(=O)NOC)S(C)(=O)=O)sc2c1. The molecule has 0 aliphatic carbocycles. The Morgan fingerprint density at radius 3 is 2.74 bits per heavy atom. The number of hydroxylamine groups is 1. The van der Waals surface area contributed by atoms with Gasteiger partial charge in [-0.1, -0.05) is 11.8 Å². The summed E-state index contributed by atoms with van der Waals surface area (Å²) in [6, 6.07) is 5.66. The number of nitrogens with one attached hydrogen (secondary N) is 1. The van der Waals surface area contributed by atoms with Crippen molar-refractivity contribution in [2.24, 2.45) is 0 Å². The van der Waals surface area contributed by atoms with Gasteiger partial charge in [0.2, 0.25) is 0 Å². The molecular weight excluding hydrogens is 384 g/mol. The van der Waals surface area contributed by atoms with Gasteiger partial charge in [-0.3, -0.25) is 9.63 Å². The van der Waals surface area contributed by atoms with Crippen molar-refractivity contribution in [1.82, 2.24) is 10.5 Å². The zero-order valence-electron chi connectivity index (χ0n) is 15.5. The van der Waals surface area contributed by atoms with E-state index in [1.165, 1.54) is 25.4 Å². The quantitative estimate of drug-likeness (QED) is 0.589. The molecule has 2 rings (SSSR count). The van der Waals surface area contributed by atoms with Crippen LogP contribution in [-0.4, -0.2) is 37.4 Å². The molecule has 6 nitrogen and oxygen atoms in total. The smallest absolute Gasteiger partial charge is 0.264 e. The molecule has 0 spiro atoms. The largest absolute Gasteiger partial charge is 0.277 e. The highest BCUT2D eigenvalue weighted by atomic mass is 32.2. The van der Waals surface area contributed by atoms with Crippen LogP contribution in [0.15, 0.2) is 18.2 Å². The van der Waals surface area contributed by atoms with Crippen molar-refractivity contribution in [3.05, 3.63) is 28.8 Å². The Bertz CT molecular complexity index is 1080. The molecule has 27 heavy (non-hydrogen) atoms. The Morgan fingerprint density at radius 1 is 1.37 bits per heavy atom. The van der Waals surface area contributed by atoms with Crippen LogP contribution < -0.4 is 5.48 Å². The van der Waals surface area contributed by atoms with Gasteiger partial charge >= 0.3 is 0 Å². The lowest BCUT2D eigenvalue weighted by atomic mass is 10.0. The fourth-order valence-electron chi connectivity index (χ4n) is 2.34. The van der Waals surface area contributed by atoms with Crippen LogP contribution in [0.3, 0.4) is 0 Å². The molecule has 0 aliphatic heterocycles. The van der Waals surface area contributed by atoms with Gasteiger partial charge in [0.25, 0.3) is 5.91 Å². The zero-order valence-corrected chi connectivity index (χ0v) is 17.2. The van der Waals surface area contributed by atoms with E-state index in [1.807, 2.05) is 18.2 Å². The summed E-state index contributed by atoms with van der Waals surface area (Å²) in [5, 5.41) is 0.753. The highest BCUT2D eigenvalue weighted by molar-refractivity contribution is 7.92. The summed E-state index contributed by atoms with van der Waals surface area (Å²) in [5.41, 5.74) is 3.77. The molecular formula is C19H20N2O4S2. The van der Waals surface area contributed by atoms with Crippen molar-refractivity contribution in [2.75, 3.05) is 13.4 Å². The van der Waals surface area contributed by atoms with Crippen LogP contribution in [0, 0.1) is 23.7 Å². The van der Waals surface area contributed by atoms with E-state index >= 15 is 0 Å². The Balaban J connectivity index is 2.25. The number of hydrogen-bond acceptors (Lipinski definition) is 6. The van der Waals surface area contributed by atoms with Crippen LogP contribution in [0.1, 0.15) is 30.8 Å². The van der Waals surface area contributed by atoms with Crippen molar-refractivity contribution < 1.29 is 18.0 Å². The summed E-state index contributed by atoms with van der Waals surface area (Å²) in [5.74, 6) is 10.4. The van der Waals surface area contributed by atoms with Crippen LogP contribution in [0.5, 0.6) is 0 Å². The van der Waals surface area contributed by atoms with Crippen molar-refractivity contribution >= 4 is 37.3 Å². The number of carbonyl (C=O) groups excluding carboxylic acids is 1. The Kier molecular flexibility index (Phi) is 6.61. The summed E-state index contributed by atoms with van der Waals surface area (Å²) in [6.45, 7) is 3.12. The Morgan fingerprint density at radius 2 is 2.11 bits per heavy atom. The number of benzene rings is 1. The summed E-state index contributed by atoms with van der Waals surface area (Å²) in [6.07, 6.45) is 1.49. The highest BCUT2D eigenvalue weighted by Gasteiger charge is 2.43. The number of amides is 1. The van der Waals surface area contributed by atoms with Gasteiger partial charge in [0.15, 0.2) is 9.84 Å². The van der Waals surface area contributed by atoms with E-state index in [1.54, 1.807) is 6.92 Å². The third-order valence-electron chi connectivity index (χ3n) is 4.14. The maximum Gasteiger partial charge on any atom is 0.264 e. The topological polar surface area (TPSA) is 85.4 Å². The van der Waals surface area contributed by atoms with Gasteiger partial charge in [-0.15, -0.1) is 11.3 Å². The lowest BCUT2D eigenvalue weighted by Gasteiger charge is -2.25. The molecule has 0 radical (unpaired) electrons. The third kappa shape index (κ3) is 4.86. The van der Waals surface area contributed by atoms with Gasteiger partial charge in [-0.05, 0) is 50.3 Å². The van der Waals surface area contributed by atoms with Crippen LogP contribution in [0.2, 0.25) is 0 Å². The minimum atomic E-state index is -3.65. The van der Waals surface area contributed by atoms with Gasteiger partial charge < -0.3 is 0 Å². The number of aromatic nitrogens is 1. The van der Waals surface area contributed by atoms with Gasteiger partial charge in [0, 0.05) is 18.2 Å². The lowest BCUT2D eigenvalue weighted by molar-refractivity contribution is -0.133. The van der Waals surface area contributed by atoms with E-state index in [9.17, 15) is 13.2 Å². The summed E-state index contributed by atoms with van der Waals surface area (Å²) >= 11 is 1.45. The summed E-state index contributed by atoms with van der Waals surface area (Å²) < 4.78 is 23.7. The number of fused-ring (bicyclic) bond motifs is 1. The molecule has 1 aromatic heterocycles. The van der Waals surface area contributed by atoms with E-state index in [-0.39, 0.29) is 6.42 Å². The first kappa shape index (κ1) is 20.9. The Hall–Kier alpha value is -2.39. The molecule has 0 bridgehead atoms. The molecule has 2 aromatic rings. The van der Waals surface area contributed by atoms with Crippen molar-refractivity contribution in [3.63, 3.8) is 0 Å². The number of sulfone groups is 1. The third-order valence-corrected chi connectivity index (χ3v) is 7.24. The predicted octanol–water partition coefficient (Wildman–Crippen LogP) is 2.08. The van der Waals surface area contributed by atoms with Crippen LogP contribution in [0.25, 0.3) is 10.2 Å². The van der Waals surface area contributed by atoms with Crippen LogP contribution in [-0.2, 0) is 25.9 Å². The average Bonchev–Trinajstić information content (AvgIpc) is 3.01. The van der Waals surface area contributed by atoms with Crippen molar-refractivity contribution in [1.29, 1.82) is 0 Å². The van der Waals surface area contributed by atoms with E-state index in [0.29, 0.717) is 6.42 Å². The summed E-state index contributed by atoms with van der Waals surface area (Å²) in [7, 11) is -2.39. The number of aryl methyl sites for hydroxylation is 1. The van der Waals surface area contributed by atoms with E-state index in [0.717, 1.165) is 27.0 Å². The monoisotopic (exact) mass is 404 g/mol. The van der Waals surface area contributed by atoms with Gasteiger partial charge in [-0.25, -0.2) is 18.9 Å². The fraction of sp³-hybridized carbons (Fsp3) is 0.368. The maximum absolute atomic E-state index is 12.2. The molecule has 1 N–H and O–H groups in total. The molecule has 0 saturated carbocycles. The molecule has 0 aliphatic rings. The lowest BCUT2D eigenvalue weighted by Crippen LogP contribution is -2.49.